The third-order valence-electron chi connectivity index (χ3n) is 7.36. The minimum absolute atomic E-state index is 0.0127. The van der Waals surface area contributed by atoms with Crippen molar-refractivity contribution in [2.24, 2.45) is 0 Å². The number of benzene rings is 2. The highest BCUT2D eigenvalue weighted by Gasteiger charge is 2.22. The van der Waals surface area contributed by atoms with E-state index in [4.69, 9.17) is 19.2 Å². The largest absolute Gasteiger partial charge is 0.488 e. The maximum absolute atomic E-state index is 11.7. The molecule has 0 aliphatic carbocycles. The Balaban J connectivity index is 0.000000548. The van der Waals surface area contributed by atoms with Gasteiger partial charge in [0.2, 0.25) is 5.88 Å². The number of carboxylic acid groups (broad SMARTS) is 1. The molecule has 0 atom stereocenters. The lowest BCUT2D eigenvalue weighted by Gasteiger charge is -2.19. The summed E-state index contributed by atoms with van der Waals surface area (Å²) in [7, 11) is 0. The molecule has 6 rings (SSSR count). The van der Waals surface area contributed by atoms with Crippen LogP contribution < -0.4 is 14.8 Å². The van der Waals surface area contributed by atoms with Gasteiger partial charge in [-0.1, -0.05) is 36.4 Å². The average Bonchev–Trinajstić information content (AvgIpc) is 3.44. The number of carboxylic acids is 1. The molecule has 2 N–H and O–H groups in total. The van der Waals surface area contributed by atoms with Crippen LogP contribution in [-0.4, -0.2) is 51.7 Å². The van der Waals surface area contributed by atoms with Crippen LogP contribution in [0.2, 0.25) is 0 Å². The molecule has 226 valence electrons. The predicted molar refractivity (Wildman–Crippen MR) is 165 cm³/mol. The first-order valence-electron chi connectivity index (χ1n) is 15.0. The Hall–Kier alpha value is -4.21. The Morgan fingerprint density at radius 3 is 2.60 bits per heavy atom. The SMILES string of the molecule is C1CCOCC1.Cc1cccc(-c2cccc(-n3ncc(C(=O)O)c3OC(C)C)n2)c1OCc1ccc2c(c1)CCNC2. The molecule has 2 aliphatic rings. The van der Waals surface area contributed by atoms with Crippen LogP contribution in [0.25, 0.3) is 17.1 Å². The summed E-state index contributed by atoms with van der Waals surface area (Å²) in [6.07, 6.45) is 6.01. The van der Waals surface area contributed by atoms with Crippen molar-refractivity contribution >= 4 is 5.97 Å². The zero-order valence-corrected chi connectivity index (χ0v) is 25.1. The maximum Gasteiger partial charge on any atom is 0.342 e. The average molecular weight is 585 g/mol. The third kappa shape index (κ3) is 7.60. The Bertz CT molecular complexity index is 1530. The molecular weight excluding hydrogens is 544 g/mol. The Morgan fingerprint density at radius 1 is 1.07 bits per heavy atom. The number of ether oxygens (including phenoxy) is 3. The lowest BCUT2D eigenvalue weighted by atomic mass is 9.99. The molecule has 0 bridgehead atoms. The van der Waals surface area contributed by atoms with E-state index >= 15 is 0 Å². The molecule has 0 spiro atoms. The fourth-order valence-electron chi connectivity index (χ4n) is 5.18. The number of nitrogens with zero attached hydrogens (tertiary/aromatic N) is 3. The van der Waals surface area contributed by atoms with E-state index in [9.17, 15) is 9.90 Å². The second-order valence-electron chi connectivity index (χ2n) is 11.1. The summed E-state index contributed by atoms with van der Waals surface area (Å²) in [5.41, 5.74) is 6.38. The van der Waals surface area contributed by atoms with Crippen LogP contribution in [0.5, 0.6) is 11.6 Å². The van der Waals surface area contributed by atoms with Crippen LogP contribution in [0.3, 0.4) is 0 Å². The van der Waals surface area contributed by atoms with E-state index in [2.05, 4.69) is 28.6 Å². The molecule has 0 unspecified atom stereocenters. The van der Waals surface area contributed by atoms with Crippen molar-refractivity contribution in [3.63, 3.8) is 0 Å². The molecule has 1 fully saturated rings. The number of para-hydroxylation sites is 1. The Labute approximate surface area is 252 Å². The molecule has 0 radical (unpaired) electrons. The van der Waals surface area contributed by atoms with Gasteiger partial charge in [-0.05, 0) is 93.5 Å². The normalized spacial score (nSPS) is 14.4. The van der Waals surface area contributed by atoms with Crippen molar-refractivity contribution in [3.8, 4) is 28.7 Å². The minimum Gasteiger partial charge on any atom is -0.488 e. The highest BCUT2D eigenvalue weighted by atomic mass is 16.5. The maximum atomic E-state index is 11.7. The first-order valence-corrected chi connectivity index (χ1v) is 15.0. The van der Waals surface area contributed by atoms with Gasteiger partial charge < -0.3 is 24.6 Å². The number of carbonyl (C=O) groups is 1. The quantitative estimate of drug-likeness (QED) is 0.254. The van der Waals surface area contributed by atoms with E-state index < -0.39 is 5.97 Å². The molecular formula is C34H40N4O5. The standard InChI is InChI=1S/C29H30N4O4.C5H10O/c1-18(2)37-28-24(29(34)35)16-31-33(28)26-9-5-8-25(32-26)23-7-4-6-19(3)27(23)36-17-20-10-11-22-15-30-13-12-21(22)14-20;1-2-4-6-5-3-1/h4-11,14,16,18,30H,12-13,15,17H2,1-3H3,(H,34,35);1-5H2. The first-order chi connectivity index (χ1) is 20.9. The molecule has 2 aliphatic heterocycles. The van der Waals surface area contributed by atoms with Crippen molar-refractivity contribution < 1.29 is 24.1 Å². The number of hydrogen-bond donors (Lipinski definition) is 2. The van der Waals surface area contributed by atoms with E-state index in [1.54, 1.807) is 6.07 Å². The van der Waals surface area contributed by atoms with Gasteiger partial charge in [0.1, 0.15) is 17.9 Å². The molecule has 4 heterocycles. The van der Waals surface area contributed by atoms with Crippen molar-refractivity contribution in [1.82, 2.24) is 20.1 Å². The van der Waals surface area contributed by atoms with Gasteiger partial charge >= 0.3 is 5.97 Å². The Morgan fingerprint density at radius 2 is 1.88 bits per heavy atom. The number of aromatic nitrogens is 3. The van der Waals surface area contributed by atoms with Gasteiger partial charge in [-0.3, -0.25) is 0 Å². The number of rotatable bonds is 8. The molecule has 9 heteroatoms. The van der Waals surface area contributed by atoms with Crippen LogP contribution >= 0.6 is 0 Å². The zero-order valence-electron chi connectivity index (χ0n) is 25.1. The third-order valence-corrected chi connectivity index (χ3v) is 7.36. The molecule has 9 nitrogen and oxygen atoms in total. The van der Waals surface area contributed by atoms with Gasteiger partial charge in [0, 0.05) is 25.3 Å². The molecule has 0 amide bonds. The molecule has 1 saturated heterocycles. The van der Waals surface area contributed by atoms with Gasteiger partial charge in [-0.25, -0.2) is 9.78 Å². The lowest BCUT2D eigenvalue weighted by Crippen LogP contribution is -2.23. The number of aromatic carboxylic acids is 1. The second kappa shape index (κ2) is 14.3. The number of fused-ring (bicyclic) bond motifs is 1. The number of hydrogen-bond acceptors (Lipinski definition) is 7. The summed E-state index contributed by atoms with van der Waals surface area (Å²) in [4.78, 5) is 16.5. The zero-order chi connectivity index (χ0) is 30.2. The molecule has 4 aromatic rings. The highest BCUT2D eigenvalue weighted by Crippen LogP contribution is 2.34. The van der Waals surface area contributed by atoms with Crippen LogP contribution in [-0.2, 0) is 24.3 Å². The van der Waals surface area contributed by atoms with E-state index in [0.29, 0.717) is 18.1 Å². The van der Waals surface area contributed by atoms with Crippen molar-refractivity contribution in [1.29, 1.82) is 0 Å². The van der Waals surface area contributed by atoms with Gasteiger partial charge in [0.25, 0.3) is 0 Å². The van der Waals surface area contributed by atoms with Crippen molar-refractivity contribution in [2.45, 2.75) is 65.7 Å². The summed E-state index contributed by atoms with van der Waals surface area (Å²) < 4.78 is 18.7. The number of aryl methyl sites for hydroxylation is 1. The van der Waals surface area contributed by atoms with E-state index in [1.807, 2.05) is 51.1 Å². The van der Waals surface area contributed by atoms with E-state index in [0.717, 1.165) is 55.2 Å². The minimum atomic E-state index is -1.11. The summed E-state index contributed by atoms with van der Waals surface area (Å²) in [5, 5.41) is 17.2. The smallest absolute Gasteiger partial charge is 0.342 e. The Kier molecular flexibility index (Phi) is 10.1. The molecule has 2 aromatic heterocycles. The number of pyridine rings is 1. The summed E-state index contributed by atoms with van der Waals surface area (Å²) in [6, 6.07) is 18.0. The fourth-order valence-corrected chi connectivity index (χ4v) is 5.18. The van der Waals surface area contributed by atoms with E-state index in [1.165, 1.54) is 41.3 Å². The number of nitrogens with one attached hydrogen (secondary N) is 1. The van der Waals surface area contributed by atoms with Crippen molar-refractivity contribution in [2.75, 3.05) is 19.8 Å². The van der Waals surface area contributed by atoms with Crippen molar-refractivity contribution in [3.05, 3.63) is 88.6 Å². The second-order valence-corrected chi connectivity index (χ2v) is 11.1. The highest BCUT2D eigenvalue weighted by molar-refractivity contribution is 5.90. The molecule has 2 aromatic carbocycles. The van der Waals surface area contributed by atoms with Gasteiger partial charge in [0.05, 0.1) is 18.0 Å². The first kappa shape index (κ1) is 30.3. The van der Waals surface area contributed by atoms with Crippen LogP contribution in [0.4, 0.5) is 0 Å². The summed E-state index contributed by atoms with van der Waals surface area (Å²) in [6.45, 7) is 10.0. The predicted octanol–water partition coefficient (Wildman–Crippen LogP) is 6.14. The van der Waals surface area contributed by atoms with E-state index in [-0.39, 0.29) is 17.5 Å². The molecule has 0 saturated carbocycles. The van der Waals surface area contributed by atoms with Crippen LogP contribution in [0.15, 0.2) is 60.8 Å². The van der Waals surface area contributed by atoms with Crippen LogP contribution in [0.1, 0.15) is 65.7 Å². The molecule has 43 heavy (non-hydrogen) atoms. The topological polar surface area (TPSA) is 108 Å². The van der Waals surface area contributed by atoms with Crippen LogP contribution in [0, 0.1) is 6.92 Å². The van der Waals surface area contributed by atoms with Gasteiger partial charge in [0.15, 0.2) is 5.82 Å². The monoisotopic (exact) mass is 584 g/mol. The van der Waals surface area contributed by atoms with Gasteiger partial charge in [-0.2, -0.15) is 9.78 Å². The summed E-state index contributed by atoms with van der Waals surface area (Å²) >= 11 is 0. The fraction of sp³-hybridized carbons (Fsp3) is 0.382. The lowest BCUT2D eigenvalue weighted by molar-refractivity contribution is 0.0690. The summed E-state index contributed by atoms with van der Waals surface area (Å²) in [5.74, 6) is 0.259. The van der Waals surface area contributed by atoms with Gasteiger partial charge in [-0.15, -0.1) is 0 Å².